The molecule has 150 valence electrons. The molecule has 2 atom stereocenters. The molecule has 1 N–H and O–H groups in total. The first-order chi connectivity index (χ1) is 14.2. The van der Waals surface area contributed by atoms with E-state index < -0.39 is 0 Å². The fourth-order valence-corrected chi connectivity index (χ4v) is 4.25. The van der Waals surface area contributed by atoms with Crippen LogP contribution in [0.25, 0.3) is 0 Å². The largest absolute Gasteiger partial charge is 0.467 e. The lowest BCUT2D eigenvalue weighted by atomic mass is 9.83. The first-order valence-corrected chi connectivity index (χ1v) is 10.3. The van der Waals surface area contributed by atoms with Crippen molar-refractivity contribution in [2.24, 2.45) is 5.92 Å². The third kappa shape index (κ3) is 5.15. The van der Waals surface area contributed by atoms with Gasteiger partial charge in [0.25, 0.3) is 0 Å². The van der Waals surface area contributed by atoms with E-state index in [4.69, 9.17) is 4.42 Å². The molecule has 4 heteroatoms. The van der Waals surface area contributed by atoms with Crippen LogP contribution in [0, 0.1) is 12.8 Å². The van der Waals surface area contributed by atoms with Crippen molar-refractivity contribution in [2.75, 3.05) is 13.1 Å². The number of furan rings is 1. The number of piperidine rings is 1. The van der Waals surface area contributed by atoms with E-state index in [1.54, 1.807) is 6.26 Å². The third-order valence-electron chi connectivity index (χ3n) is 5.68. The van der Waals surface area contributed by atoms with E-state index in [1.165, 1.54) is 16.7 Å². The van der Waals surface area contributed by atoms with Crippen molar-refractivity contribution in [3.8, 4) is 0 Å². The normalized spacial score (nSPS) is 19.8. The lowest BCUT2D eigenvalue weighted by molar-refractivity contribution is -0.127. The van der Waals surface area contributed by atoms with Crippen LogP contribution in [0.2, 0.25) is 0 Å². The lowest BCUT2D eigenvalue weighted by Gasteiger charge is -2.37. The minimum atomic E-state index is -0.0343. The highest BCUT2D eigenvalue weighted by atomic mass is 16.3. The summed E-state index contributed by atoms with van der Waals surface area (Å²) in [5, 5.41) is 3.06. The van der Waals surface area contributed by atoms with Crippen molar-refractivity contribution >= 4 is 5.91 Å². The van der Waals surface area contributed by atoms with E-state index >= 15 is 0 Å². The van der Waals surface area contributed by atoms with Crippen LogP contribution in [0.1, 0.15) is 34.8 Å². The predicted molar refractivity (Wildman–Crippen MR) is 114 cm³/mol. The van der Waals surface area contributed by atoms with Gasteiger partial charge in [0.05, 0.1) is 18.7 Å². The van der Waals surface area contributed by atoms with Crippen molar-refractivity contribution in [2.45, 2.75) is 32.4 Å². The minimum Gasteiger partial charge on any atom is -0.467 e. The molecule has 0 bridgehead atoms. The second-order valence-electron chi connectivity index (χ2n) is 8.02. The number of benzene rings is 2. The molecule has 2 heterocycles. The molecule has 3 aromatic rings. The molecule has 2 unspecified atom stereocenters. The van der Waals surface area contributed by atoms with Gasteiger partial charge in [0, 0.05) is 19.6 Å². The number of hydrogen-bond acceptors (Lipinski definition) is 3. The van der Waals surface area contributed by atoms with Gasteiger partial charge in [-0.1, -0.05) is 60.2 Å². The average molecular weight is 389 g/mol. The molecule has 1 saturated heterocycles. The summed E-state index contributed by atoms with van der Waals surface area (Å²) in [6, 6.07) is 22.9. The number of amides is 1. The van der Waals surface area contributed by atoms with Gasteiger partial charge >= 0.3 is 0 Å². The van der Waals surface area contributed by atoms with Gasteiger partial charge in [-0.15, -0.1) is 0 Å². The summed E-state index contributed by atoms with van der Waals surface area (Å²) in [7, 11) is 0. The van der Waals surface area contributed by atoms with Crippen LogP contribution in [0.3, 0.4) is 0 Å². The first kappa shape index (κ1) is 19.5. The van der Waals surface area contributed by atoms with Crippen LogP contribution in [0.4, 0.5) is 0 Å². The molecule has 2 aromatic carbocycles. The van der Waals surface area contributed by atoms with Crippen molar-refractivity contribution < 1.29 is 9.21 Å². The maximum Gasteiger partial charge on any atom is 0.224 e. The van der Waals surface area contributed by atoms with Crippen LogP contribution in [0.15, 0.2) is 77.4 Å². The Labute approximate surface area is 172 Å². The summed E-state index contributed by atoms with van der Waals surface area (Å²) in [5.74, 6) is 1.21. The Balaban J connectivity index is 1.49. The third-order valence-corrected chi connectivity index (χ3v) is 5.68. The summed E-state index contributed by atoms with van der Waals surface area (Å²) in [6.07, 6.45) is 2.51. The number of nitrogens with one attached hydrogen (secondary N) is 1. The van der Waals surface area contributed by atoms with Gasteiger partial charge in [0.15, 0.2) is 0 Å². The van der Waals surface area contributed by atoms with E-state index in [9.17, 15) is 4.79 Å². The summed E-state index contributed by atoms with van der Waals surface area (Å²) >= 11 is 0. The summed E-state index contributed by atoms with van der Waals surface area (Å²) in [4.78, 5) is 15.4. The Bertz CT molecular complexity index is 921. The number of rotatable bonds is 6. The molecule has 0 radical (unpaired) electrons. The van der Waals surface area contributed by atoms with E-state index in [0.29, 0.717) is 12.5 Å². The Morgan fingerprint density at radius 3 is 2.69 bits per heavy atom. The predicted octanol–water partition coefficient (Wildman–Crippen LogP) is 4.51. The zero-order chi connectivity index (χ0) is 20.1. The SMILES string of the molecule is Cc1cccc(C2CC(C(=O)NCc3ccco3)CN(Cc3ccccc3)C2)c1. The molecule has 4 nitrogen and oxygen atoms in total. The van der Waals surface area contributed by atoms with Crippen LogP contribution in [0.5, 0.6) is 0 Å². The zero-order valence-corrected chi connectivity index (χ0v) is 16.9. The van der Waals surface area contributed by atoms with Crippen molar-refractivity contribution in [3.63, 3.8) is 0 Å². The van der Waals surface area contributed by atoms with Crippen molar-refractivity contribution in [1.29, 1.82) is 0 Å². The molecule has 1 aliphatic rings. The fourth-order valence-electron chi connectivity index (χ4n) is 4.25. The summed E-state index contributed by atoms with van der Waals surface area (Å²) < 4.78 is 5.35. The standard InChI is InChI=1S/C25H28N2O2/c1-19-7-5-10-21(13-19)22-14-23(25(28)26-15-24-11-6-12-29-24)18-27(17-22)16-20-8-3-2-4-9-20/h2-13,22-23H,14-18H2,1H3,(H,26,28). The molecule has 1 aliphatic heterocycles. The number of carbonyl (C=O) groups excluding carboxylic acids is 1. The molecule has 1 aromatic heterocycles. The van der Waals surface area contributed by atoms with Crippen LogP contribution in [-0.2, 0) is 17.9 Å². The van der Waals surface area contributed by atoms with Gasteiger partial charge in [0.1, 0.15) is 5.76 Å². The van der Waals surface area contributed by atoms with Gasteiger partial charge in [-0.05, 0) is 42.5 Å². The summed E-state index contributed by atoms with van der Waals surface area (Å²) in [6.45, 7) is 5.18. The number of likely N-dealkylation sites (tertiary alicyclic amines) is 1. The molecular formula is C25H28N2O2. The maximum absolute atomic E-state index is 13.0. The van der Waals surface area contributed by atoms with E-state index in [-0.39, 0.29) is 11.8 Å². The molecule has 0 spiro atoms. The number of aryl methyl sites for hydroxylation is 1. The van der Waals surface area contributed by atoms with Crippen molar-refractivity contribution in [1.82, 2.24) is 10.2 Å². The Hall–Kier alpha value is -2.85. The van der Waals surface area contributed by atoms with Gasteiger partial charge in [-0.2, -0.15) is 0 Å². The van der Waals surface area contributed by atoms with Gasteiger partial charge in [-0.25, -0.2) is 0 Å². The molecule has 1 amide bonds. The van der Waals surface area contributed by atoms with Crippen LogP contribution >= 0.6 is 0 Å². The fraction of sp³-hybridized carbons (Fsp3) is 0.320. The van der Waals surface area contributed by atoms with Crippen LogP contribution < -0.4 is 5.32 Å². The number of nitrogens with zero attached hydrogens (tertiary/aromatic N) is 1. The summed E-state index contributed by atoms with van der Waals surface area (Å²) in [5.41, 5.74) is 3.88. The van der Waals surface area contributed by atoms with Gasteiger partial charge in [-0.3, -0.25) is 9.69 Å². The molecule has 0 aliphatic carbocycles. The lowest BCUT2D eigenvalue weighted by Crippen LogP contribution is -2.45. The van der Waals surface area contributed by atoms with E-state index in [0.717, 1.165) is 31.8 Å². The second kappa shape index (κ2) is 9.10. The number of carbonyl (C=O) groups is 1. The highest BCUT2D eigenvalue weighted by molar-refractivity contribution is 5.79. The highest BCUT2D eigenvalue weighted by Crippen LogP contribution is 2.31. The first-order valence-electron chi connectivity index (χ1n) is 10.3. The topological polar surface area (TPSA) is 45.5 Å². The number of hydrogen-bond donors (Lipinski definition) is 1. The highest BCUT2D eigenvalue weighted by Gasteiger charge is 2.32. The van der Waals surface area contributed by atoms with Crippen molar-refractivity contribution in [3.05, 3.63) is 95.4 Å². The van der Waals surface area contributed by atoms with E-state index in [2.05, 4.69) is 65.7 Å². The molecule has 0 saturated carbocycles. The second-order valence-corrected chi connectivity index (χ2v) is 8.02. The quantitative estimate of drug-likeness (QED) is 0.676. The Morgan fingerprint density at radius 1 is 1.07 bits per heavy atom. The maximum atomic E-state index is 13.0. The molecule has 1 fully saturated rings. The molecule has 29 heavy (non-hydrogen) atoms. The Kier molecular flexibility index (Phi) is 6.11. The molecule has 4 rings (SSSR count). The zero-order valence-electron chi connectivity index (χ0n) is 16.9. The minimum absolute atomic E-state index is 0.0343. The van der Waals surface area contributed by atoms with E-state index in [1.807, 2.05) is 18.2 Å². The Morgan fingerprint density at radius 2 is 1.93 bits per heavy atom. The van der Waals surface area contributed by atoms with Gasteiger partial charge in [0.2, 0.25) is 5.91 Å². The molecular weight excluding hydrogens is 360 g/mol. The monoisotopic (exact) mass is 388 g/mol. The van der Waals surface area contributed by atoms with Crippen LogP contribution in [-0.4, -0.2) is 23.9 Å². The average Bonchev–Trinajstić information content (AvgIpc) is 3.26. The smallest absolute Gasteiger partial charge is 0.224 e. The van der Waals surface area contributed by atoms with Gasteiger partial charge < -0.3 is 9.73 Å².